The average molecular weight is 244 g/mol. The Hall–Kier alpha value is -0.160. The number of hydrogen-bond acceptors (Lipinski definition) is 4. The number of hydrogen-bond donors (Lipinski definition) is 2. The SMILES string of the molecule is CC(O)C(C)(C)CN1CCCN(CCO)CC1. The van der Waals surface area contributed by atoms with E-state index in [0.29, 0.717) is 0 Å². The molecule has 0 aromatic heterocycles. The molecule has 1 aliphatic heterocycles. The lowest BCUT2D eigenvalue weighted by Crippen LogP contribution is -2.42. The predicted molar refractivity (Wildman–Crippen MR) is 70.0 cm³/mol. The van der Waals surface area contributed by atoms with Crippen molar-refractivity contribution in [3.63, 3.8) is 0 Å². The van der Waals surface area contributed by atoms with E-state index in [9.17, 15) is 5.11 Å². The van der Waals surface area contributed by atoms with Crippen molar-refractivity contribution in [2.24, 2.45) is 5.41 Å². The number of nitrogens with zero attached hydrogens (tertiary/aromatic N) is 2. The molecular formula is C13H28N2O2. The zero-order chi connectivity index (χ0) is 12.9. The molecule has 102 valence electrons. The van der Waals surface area contributed by atoms with Gasteiger partial charge in [0.05, 0.1) is 12.7 Å². The van der Waals surface area contributed by atoms with Crippen LogP contribution in [0.4, 0.5) is 0 Å². The second kappa shape index (κ2) is 6.69. The maximum absolute atomic E-state index is 9.75. The van der Waals surface area contributed by atoms with Crippen LogP contribution in [0, 0.1) is 5.41 Å². The van der Waals surface area contributed by atoms with Gasteiger partial charge in [-0.05, 0) is 26.4 Å². The zero-order valence-electron chi connectivity index (χ0n) is 11.5. The first-order valence-corrected chi connectivity index (χ1v) is 6.69. The van der Waals surface area contributed by atoms with Crippen molar-refractivity contribution >= 4 is 0 Å². The number of aliphatic hydroxyl groups excluding tert-OH is 2. The van der Waals surface area contributed by atoms with E-state index in [1.165, 1.54) is 0 Å². The Morgan fingerprint density at radius 2 is 1.71 bits per heavy atom. The van der Waals surface area contributed by atoms with Gasteiger partial charge in [-0.15, -0.1) is 0 Å². The smallest absolute Gasteiger partial charge is 0.0575 e. The van der Waals surface area contributed by atoms with E-state index in [1.54, 1.807) is 0 Å². The molecular weight excluding hydrogens is 216 g/mol. The fourth-order valence-electron chi connectivity index (χ4n) is 2.26. The lowest BCUT2D eigenvalue weighted by atomic mass is 9.87. The summed E-state index contributed by atoms with van der Waals surface area (Å²) >= 11 is 0. The first kappa shape index (κ1) is 14.9. The molecule has 2 N–H and O–H groups in total. The molecule has 0 spiro atoms. The normalized spacial score (nSPS) is 22.4. The lowest BCUT2D eigenvalue weighted by Gasteiger charge is -2.34. The first-order chi connectivity index (χ1) is 7.95. The first-order valence-electron chi connectivity index (χ1n) is 6.69. The summed E-state index contributed by atoms with van der Waals surface area (Å²) in [5, 5.41) is 18.7. The summed E-state index contributed by atoms with van der Waals surface area (Å²) < 4.78 is 0. The van der Waals surface area contributed by atoms with E-state index < -0.39 is 0 Å². The Labute approximate surface area is 105 Å². The maximum atomic E-state index is 9.75. The van der Waals surface area contributed by atoms with Crippen molar-refractivity contribution in [3.8, 4) is 0 Å². The van der Waals surface area contributed by atoms with Crippen LogP contribution in [-0.4, -0.2) is 72.0 Å². The van der Waals surface area contributed by atoms with E-state index >= 15 is 0 Å². The van der Waals surface area contributed by atoms with Crippen LogP contribution in [0.15, 0.2) is 0 Å². The van der Waals surface area contributed by atoms with Crippen molar-refractivity contribution in [2.75, 3.05) is 45.9 Å². The zero-order valence-corrected chi connectivity index (χ0v) is 11.5. The number of rotatable bonds is 5. The van der Waals surface area contributed by atoms with Gasteiger partial charge < -0.3 is 15.1 Å². The number of β-amino-alcohol motifs (C(OH)–C–C–N with tert-alkyl or cyclic N) is 1. The molecule has 0 amide bonds. The van der Waals surface area contributed by atoms with Gasteiger partial charge in [0, 0.05) is 31.6 Å². The third kappa shape index (κ3) is 4.92. The number of aliphatic hydroxyl groups is 2. The minimum atomic E-state index is -0.278. The highest BCUT2D eigenvalue weighted by atomic mass is 16.3. The third-order valence-electron chi connectivity index (χ3n) is 3.86. The molecule has 1 fully saturated rings. The summed E-state index contributed by atoms with van der Waals surface area (Å²) in [7, 11) is 0. The molecule has 1 atom stereocenters. The Bertz CT molecular complexity index is 219. The van der Waals surface area contributed by atoms with Crippen LogP contribution in [0.2, 0.25) is 0 Å². The molecule has 1 rings (SSSR count). The van der Waals surface area contributed by atoms with E-state index in [2.05, 4.69) is 23.6 Å². The van der Waals surface area contributed by atoms with Crippen LogP contribution in [0.3, 0.4) is 0 Å². The summed E-state index contributed by atoms with van der Waals surface area (Å²) in [6.07, 6.45) is 0.870. The van der Waals surface area contributed by atoms with E-state index in [-0.39, 0.29) is 18.1 Å². The largest absolute Gasteiger partial charge is 0.395 e. The van der Waals surface area contributed by atoms with Crippen molar-refractivity contribution in [2.45, 2.75) is 33.3 Å². The molecule has 0 aromatic carbocycles. The summed E-state index contributed by atoms with van der Waals surface area (Å²) in [6.45, 7) is 12.3. The van der Waals surface area contributed by atoms with Gasteiger partial charge in [-0.25, -0.2) is 0 Å². The van der Waals surface area contributed by atoms with Crippen molar-refractivity contribution in [1.82, 2.24) is 9.80 Å². The molecule has 4 nitrogen and oxygen atoms in total. The van der Waals surface area contributed by atoms with Crippen molar-refractivity contribution in [3.05, 3.63) is 0 Å². The van der Waals surface area contributed by atoms with Crippen LogP contribution in [0.1, 0.15) is 27.2 Å². The molecule has 0 aromatic rings. The van der Waals surface area contributed by atoms with Gasteiger partial charge in [-0.3, -0.25) is 4.90 Å². The molecule has 0 radical (unpaired) electrons. The lowest BCUT2D eigenvalue weighted by molar-refractivity contribution is 0.0353. The quantitative estimate of drug-likeness (QED) is 0.735. The van der Waals surface area contributed by atoms with Gasteiger partial charge in [-0.1, -0.05) is 13.8 Å². The van der Waals surface area contributed by atoms with Gasteiger partial charge in [0.2, 0.25) is 0 Å². The minimum Gasteiger partial charge on any atom is -0.395 e. The van der Waals surface area contributed by atoms with Crippen LogP contribution < -0.4 is 0 Å². The van der Waals surface area contributed by atoms with Gasteiger partial charge in [0.1, 0.15) is 0 Å². The Morgan fingerprint density at radius 1 is 1.12 bits per heavy atom. The second-order valence-corrected chi connectivity index (χ2v) is 5.86. The van der Waals surface area contributed by atoms with Crippen LogP contribution >= 0.6 is 0 Å². The average Bonchev–Trinajstić information content (AvgIpc) is 2.44. The molecule has 1 saturated heterocycles. The molecule has 1 unspecified atom stereocenters. The third-order valence-corrected chi connectivity index (χ3v) is 3.86. The van der Waals surface area contributed by atoms with Crippen molar-refractivity contribution < 1.29 is 10.2 Å². The highest BCUT2D eigenvalue weighted by Gasteiger charge is 2.27. The van der Waals surface area contributed by atoms with E-state index in [1.807, 2.05) is 6.92 Å². The molecule has 1 heterocycles. The van der Waals surface area contributed by atoms with Crippen LogP contribution in [0.5, 0.6) is 0 Å². The summed E-state index contributed by atoms with van der Waals surface area (Å²) in [5.41, 5.74) is -0.0495. The van der Waals surface area contributed by atoms with Gasteiger partial charge in [-0.2, -0.15) is 0 Å². The predicted octanol–water partition coefficient (Wildman–Crippen LogP) is 0.393. The minimum absolute atomic E-state index is 0.0495. The standard InChI is InChI=1S/C13H28N2O2/c1-12(17)13(2,3)11-15-6-4-5-14(7-8-15)9-10-16/h12,16-17H,4-11H2,1-3H3. The van der Waals surface area contributed by atoms with Gasteiger partial charge in [0.25, 0.3) is 0 Å². The fourth-order valence-corrected chi connectivity index (χ4v) is 2.26. The molecule has 1 aliphatic rings. The maximum Gasteiger partial charge on any atom is 0.0575 e. The molecule has 0 saturated carbocycles. The summed E-state index contributed by atoms with van der Waals surface area (Å²) in [5.74, 6) is 0. The monoisotopic (exact) mass is 244 g/mol. The molecule has 0 bridgehead atoms. The molecule has 17 heavy (non-hydrogen) atoms. The Balaban J connectivity index is 2.41. The Morgan fingerprint density at radius 3 is 2.29 bits per heavy atom. The van der Waals surface area contributed by atoms with E-state index in [4.69, 9.17) is 5.11 Å². The van der Waals surface area contributed by atoms with Gasteiger partial charge >= 0.3 is 0 Å². The summed E-state index contributed by atoms with van der Waals surface area (Å²) in [4.78, 5) is 4.75. The second-order valence-electron chi connectivity index (χ2n) is 5.86. The van der Waals surface area contributed by atoms with Crippen LogP contribution in [0.25, 0.3) is 0 Å². The van der Waals surface area contributed by atoms with Crippen molar-refractivity contribution in [1.29, 1.82) is 0 Å². The fraction of sp³-hybridized carbons (Fsp3) is 1.00. The van der Waals surface area contributed by atoms with Gasteiger partial charge in [0.15, 0.2) is 0 Å². The Kier molecular flexibility index (Phi) is 5.86. The highest BCUT2D eigenvalue weighted by Crippen LogP contribution is 2.22. The molecule has 0 aliphatic carbocycles. The van der Waals surface area contributed by atoms with Crippen LogP contribution in [-0.2, 0) is 0 Å². The highest BCUT2D eigenvalue weighted by molar-refractivity contribution is 4.80. The van der Waals surface area contributed by atoms with E-state index in [0.717, 1.165) is 45.7 Å². The topological polar surface area (TPSA) is 46.9 Å². The molecule has 4 heteroatoms. The summed E-state index contributed by atoms with van der Waals surface area (Å²) in [6, 6.07) is 0.